The molecule has 0 saturated carbocycles. The largest absolute Gasteiger partial charge is 0.497 e. The van der Waals surface area contributed by atoms with Crippen LogP contribution in [0.15, 0.2) is 42.5 Å². The SMILES string of the molecule is CCN(CC(=O)Nc1cccc(OC)c1)CC(=O)Nc1ccc(F)c(F)c1. The summed E-state index contributed by atoms with van der Waals surface area (Å²) >= 11 is 0. The number of nitrogens with one attached hydrogen (secondary N) is 2. The Morgan fingerprint density at radius 3 is 2.15 bits per heavy atom. The van der Waals surface area contributed by atoms with Crippen molar-refractivity contribution in [1.82, 2.24) is 4.90 Å². The molecule has 8 heteroatoms. The second-order valence-electron chi connectivity index (χ2n) is 5.76. The predicted octanol–water partition coefficient (Wildman–Crippen LogP) is 2.87. The zero-order chi connectivity index (χ0) is 19.8. The molecule has 6 nitrogen and oxygen atoms in total. The van der Waals surface area contributed by atoms with E-state index in [-0.39, 0.29) is 24.7 Å². The molecule has 0 bridgehead atoms. The average molecular weight is 377 g/mol. The zero-order valence-corrected chi connectivity index (χ0v) is 15.1. The molecular weight excluding hydrogens is 356 g/mol. The number of anilines is 2. The van der Waals surface area contributed by atoms with E-state index in [2.05, 4.69) is 10.6 Å². The van der Waals surface area contributed by atoms with Crippen LogP contribution in [0.4, 0.5) is 20.2 Å². The van der Waals surface area contributed by atoms with E-state index in [0.29, 0.717) is 18.0 Å². The molecule has 0 atom stereocenters. The Morgan fingerprint density at radius 1 is 0.963 bits per heavy atom. The molecule has 0 heterocycles. The fraction of sp³-hybridized carbons (Fsp3) is 0.263. The van der Waals surface area contributed by atoms with Crippen LogP contribution in [0.1, 0.15) is 6.92 Å². The van der Waals surface area contributed by atoms with E-state index in [1.165, 1.54) is 13.2 Å². The van der Waals surface area contributed by atoms with Gasteiger partial charge in [-0.3, -0.25) is 14.5 Å². The number of rotatable bonds is 8. The molecule has 0 unspecified atom stereocenters. The number of hydrogen-bond donors (Lipinski definition) is 2. The van der Waals surface area contributed by atoms with E-state index in [9.17, 15) is 18.4 Å². The van der Waals surface area contributed by atoms with Crippen LogP contribution in [0.2, 0.25) is 0 Å². The van der Waals surface area contributed by atoms with E-state index in [4.69, 9.17) is 4.74 Å². The van der Waals surface area contributed by atoms with Crippen molar-refractivity contribution in [3.05, 3.63) is 54.1 Å². The van der Waals surface area contributed by atoms with Gasteiger partial charge in [-0.15, -0.1) is 0 Å². The van der Waals surface area contributed by atoms with E-state index in [0.717, 1.165) is 12.1 Å². The highest BCUT2D eigenvalue weighted by Gasteiger charge is 2.14. The summed E-state index contributed by atoms with van der Waals surface area (Å²) in [5.74, 6) is -2.14. The van der Waals surface area contributed by atoms with E-state index < -0.39 is 17.5 Å². The highest BCUT2D eigenvalue weighted by Crippen LogP contribution is 2.16. The van der Waals surface area contributed by atoms with Gasteiger partial charge in [-0.25, -0.2) is 8.78 Å². The van der Waals surface area contributed by atoms with Gasteiger partial charge in [0.1, 0.15) is 5.75 Å². The average Bonchev–Trinajstić information content (AvgIpc) is 2.64. The summed E-state index contributed by atoms with van der Waals surface area (Å²) in [4.78, 5) is 25.9. The van der Waals surface area contributed by atoms with Gasteiger partial charge in [0, 0.05) is 23.5 Å². The van der Waals surface area contributed by atoms with Gasteiger partial charge in [-0.05, 0) is 30.8 Å². The lowest BCUT2D eigenvalue weighted by atomic mass is 10.3. The number of ether oxygens (including phenoxy) is 1. The van der Waals surface area contributed by atoms with Gasteiger partial charge in [0.2, 0.25) is 11.8 Å². The number of carbonyl (C=O) groups is 2. The van der Waals surface area contributed by atoms with Crippen LogP contribution in [0.5, 0.6) is 5.75 Å². The van der Waals surface area contributed by atoms with Crippen molar-refractivity contribution >= 4 is 23.2 Å². The highest BCUT2D eigenvalue weighted by molar-refractivity contribution is 5.94. The van der Waals surface area contributed by atoms with E-state index >= 15 is 0 Å². The van der Waals surface area contributed by atoms with Crippen LogP contribution in [-0.2, 0) is 9.59 Å². The summed E-state index contributed by atoms with van der Waals surface area (Å²) in [7, 11) is 1.53. The molecule has 2 aromatic carbocycles. The van der Waals surface area contributed by atoms with Crippen molar-refractivity contribution in [2.75, 3.05) is 37.4 Å². The maximum absolute atomic E-state index is 13.2. The Hall–Kier alpha value is -3.00. The fourth-order valence-corrected chi connectivity index (χ4v) is 2.36. The Kier molecular flexibility index (Phi) is 7.25. The lowest BCUT2D eigenvalue weighted by Gasteiger charge is -2.19. The third-order valence-electron chi connectivity index (χ3n) is 3.74. The van der Waals surface area contributed by atoms with Crippen molar-refractivity contribution in [3.8, 4) is 5.75 Å². The maximum atomic E-state index is 13.2. The summed E-state index contributed by atoms with van der Waals surface area (Å²) in [5.41, 5.74) is 0.734. The van der Waals surface area contributed by atoms with Gasteiger partial charge in [0.05, 0.1) is 20.2 Å². The van der Waals surface area contributed by atoms with Crippen molar-refractivity contribution in [2.24, 2.45) is 0 Å². The van der Waals surface area contributed by atoms with Gasteiger partial charge in [0.25, 0.3) is 0 Å². The summed E-state index contributed by atoms with van der Waals surface area (Å²) in [6.45, 7) is 2.19. The van der Waals surface area contributed by atoms with Crippen LogP contribution in [0.25, 0.3) is 0 Å². The number of amides is 2. The van der Waals surface area contributed by atoms with Crippen LogP contribution in [-0.4, -0.2) is 43.5 Å². The van der Waals surface area contributed by atoms with Crippen LogP contribution in [0.3, 0.4) is 0 Å². The van der Waals surface area contributed by atoms with Gasteiger partial charge in [-0.1, -0.05) is 13.0 Å². The lowest BCUT2D eigenvalue weighted by Crippen LogP contribution is -2.38. The molecule has 0 aliphatic heterocycles. The lowest BCUT2D eigenvalue weighted by molar-refractivity contribution is -0.119. The molecule has 27 heavy (non-hydrogen) atoms. The Labute approximate surface area is 156 Å². The molecule has 2 rings (SSSR count). The second-order valence-corrected chi connectivity index (χ2v) is 5.76. The molecule has 0 aliphatic carbocycles. The monoisotopic (exact) mass is 377 g/mol. The van der Waals surface area contributed by atoms with Crippen molar-refractivity contribution < 1.29 is 23.1 Å². The number of carbonyl (C=O) groups excluding carboxylic acids is 2. The first kappa shape index (κ1) is 20.3. The smallest absolute Gasteiger partial charge is 0.238 e. The first-order valence-electron chi connectivity index (χ1n) is 8.32. The Bertz CT molecular complexity index is 815. The maximum Gasteiger partial charge on any atom is 0.238 e. The molecule has 0 spiro atoms. The quantitative estimate of drug-likeness (QED) is 0.742. The number of benzene rings is 2. The summed E-state index contributed by atoms with van der Waals surface area (Å²) < 4.78 is 31.2. The van der Waals surface area contributed by atoms with Crippen molar-refractivity contribution in [1.29, 1.82) is 0 Å². The number of hydrogen-bond acceptors (Lipinski definition) is 4. The molecule has 2 N–H and O–H groups in total. The molecule has 2 aromatic rings. The number of halogens is 2. The standard InChI is InChI=1S/C19H21F2N3O3/c1-3-24(11-18(25)22-13-5-4-6-15(9-13)27-2)12-19(26)23-14-7-8-16(20)17(21)10-14/h4-10H,3,11-12H2,1-2H3,(H,22,25)(H,23,26). The summed E-state index contributed by atoms with van der Waals surface area (Å²) in [5, 5.41) is 5.21. The minimum absolute atomic E-state index is 0.00108. The first-order chi connectivity index (χ1) is 12.9. The van der Waals surface area contributed by atoms with Crippen LogP contribution >= 0.6 is 0 Å². The molecule has 0 aliphatic rings. The molecular formula is C19H21F2N3O3. The Morgan fingerprint density at radius 2 is 1.59 bits per heavy atom. The third-order valence-corrected chi connectivity index (χ3v) is 3.74. The normalized spacial score (nSPS) is 10.6. The topological polar surface area (TPSA) is 70.7 Å². The minimum Gasteiger partial charge on any atom is -0.497 e. The zero-order valence-electron chi connectivity index (χ0n) is 15.1. The predicted molar refractivity (Wildman–Crippen MR) is 98.7 cm³/mol. The highest BCUT2D eigenvalue weighted by atomic mass is 19.2. The third kappa shape index (κ3) is 6.34. The number of nitrogens with zero attached hydrogens (tertiary/aromatic N) is 1. The summed E-state index contributed by atoms with van der Waals surface area (Å²) in [6, 6.07) is 10.0. The van der Waals surface area contributed by atoms with Crippen LogP contribution < -0.4 is 15.4 Å². The summed E-state index contributed by atoms with van der Waals surface area (Å²) in [6.07, 6.45) is 0. The van der Waals surface area contributed by atoms with Gasteiger partial charge < -0.3 is 15.4 Å². The van der Waals surface area contributed by atoms with Crippen molar-refractivity contribution in [2.45, 2.75) is 6.92 Å². The minimum atomic E-state index is -1.04. The van der Waals surface area contributed by atoms with Gasteiger partial charge in [0.15, 0.2) is 11.6 Å². The fourth-order valence-electron chi connectivity index (χ4n) is 2.36. The first-order valence-corrected chi connectivity index (χ1v) is 8.32. The molecule has 144 valence electrons. The molecule has 0 fully saturated rings. The Balaban J connectivity index is 1.88. The van der Waals surface area contributed by atoms with E-state index in [1.807, 2.05) is 6.92 Å². The van der Waals surface area contributed by atoms with Gasteiger partial charge >= 0.3 is 0 Å². The molecule has 0 aromatic heterocycles. The van der Waals surface area contributed by atoms with Crippen LogP contribution in [0, 0.1) is 11.6 Å². The van der Waals surface area contributed by atoms with Gasteiger partial charge in [-0.2, -0.15) is 0 Å². The molecule has 0 saturated heterocycles. The number of methoxy groups -OCH3 is 1. The number of likely N-dealkylation sites (N-methyl/N-ethyl adjacent to an activating group) is 1. The van der Waals surface area contributed by atoms with E-state index in [1.54, 1.807) is 29.2 Å². The molecule has 0 radical (unpaired) electrons. The molecule has 2 amide bonds. The van der Waals surface area contributed by atoms with Crippen molar-refractivity contribution in [3.63, 3.8) is 0 Å². The second kappa shape index (κ2) is 9.63.